The van der Waals surface area contributed by atoms with Gasteiger partial charge in [0.2, 0.25) is 0 Å². The minimum atomic E-state index is -0.332. The van der Waals surface area contributed by atoms with Gasteiger partial charge >= 0.3 is 0 Å². The number of halogens is 2. The maximum absolute atomic E-state index is 13.9. The molecule has 0 bridgehead atoms. The van der Waals surface area contributed by atoms with E-state index in [4.69, 9.17) is 21.1 Å². The number of nitrogens with zero attached hydrogens (tertiary/aromatic N) is 1. The predicted molar refractivity (Wildman–Crippen MR) is 137 cm³/mol. The molecule has 0 aromatic heterocycles. The zero-order chi connectivity index (χ0) is 25.8. The highest BCUT2D eigenvalue weighted by atomic mass is 35.5. The molecule has 6 nitrogen and oxygen atoms in total. The Balaban J connectivity index is 1.62. The van der Waals surface area contributed by atoms with Crippen LogP contribution in [0.25, 0.3) is 0 Å². The van der Waals surface area contributed by atoms with Crippen molar-refractivity contribution in [1.29, 1.82) is 0 Å². The Hall–Kier alpha value is -3.58. The lowest BCUT2D eigenvalue weighted by Crippen LogP contribution is -2.51. The van der Waals surface area contributed by atoms with Gasteiger partial charge in [-0.25, -0.2) is 4.39 Å². The third-order valence-corrected chi connectivity index (χ3v) is 6.93. The van der Waals surface area contributed by atoms with Gasteiger partial charge in [0.25, 0.3) is 11.8 Å². The first kappa shape index (κ1) is 25.5. The summed E-state index contributed by atoms with van der Waals surface area (Å²) in [7, 11) is 3.06. The van der Waals surface area contributed by atoms with Gasteiger partial charge in [-0.15, -0.1) is 0 Å². The van der Waals surface area contributed by atoms with Crippen LogP contribution in [-0.4, -0.2) is 50.1 Å². The van der Waals surface area contributed by atoms with Crippen LogP contribution in [0.2, 0.25) is 5.02 Å². The maximum atomic E-state index is 13.9. The third-order valence-electron chi connectivity index (χ3n) is 6.60. The molecule has 0 radical (unpaired) electrons. The number of amides is 2. The predicted octanol–water partition coefficient (Wildman–Crippen LogP) is 5.23. The minimum Gasteiger partial charge on any atom is -0.493 e. The van der Waals surface area contributed by atoms with Gasteiger partial charge in [0.05, 0.1) is 24.8 Å². The van der Waals surface area contributed by atoms with Crippen LogP contribution < -0.4 is 14.8 Å². The number of piperidine rings is 1. The first-order valence-corrected chi connectivity index (χ1v) is 12.0. The van der Waals surface area contributed by atoms with E-state index in [1.165, 1.54) is 26.4 Å². The van der Waals surface area contributed by atoms with Gasteiger partial charge in [-0.2, -0.15) is 0 Å². The van der Waals surface area contributed by atoms with E-state index in [0.29, 0.717) is 47.2 Å². The molecule has 1 heterocycles. The lowest BCUT2D eigenvalue weighted by atomic mass is 9.83. The average Bonchev–Trinajstić information content (AvgIpc) is 2.88. The smallest absolute Gasteiger partial charge is 0.254 e. The molecule has 188 valence electrons. The summed E-state index contributed by atoms with van der Waals surface area (Å²) in [5.74, 6) is -0.00508. The van der Waals surface area contributed by atoms with Crippen LogP contribution in [0, 0.1) is 12.7 Å². The summed E-state index contributed by atoms with van der Waals surface area (Å²) < 4.78 is 24.5. The lowest BCUT2D eigenvalue weighted by Gasteiger charge is -2.40. The van der Waals surface area contributed by atoms with Gasteiger partial charge in [0.15, 0.2) is 11.5 Å². The van der Waals surface area contributed by atoms with Crippen LogP contribution >= 0.6 is 11.6 Å². The fraction of sp³-hybridized carbons (Fsp3) is 0.286. The summed E-state index contributed by atoms with van der Waals surface area (Å²) in [5, 5.41) is 3.47. The number of carbonyl (C=O) groups is 2. The third kappa shape index (κ3) is 5.31. The summed E-state index contributed by atoms with van der Waals surface area (Å²) in [5.41, 5.74) is 2.50. The number of aryl methyl sites for hydroxylation is 1. The first-order chi connectivity index (χ1) is 17.3. The molecule has 1 aliphatic rings. The highest BCUT2D eigenvalue weighted by Gasteiger charge is 2.35. The van der Waals surface area contributed by atoms with Crippen molar-refractivity contribution in [2.24, 2.45) is 0 Å². The zero-order valence-corrected chi connectivity index (χ0v) is 21.1. The van der Waals surface area contributed by atoms with Crippen molar-refractivity contribution in [1.82, 2.24) is 10.2 Å². The number of carbonyl (C=O) groups excluding carboxylic acids is 2. The number of benzene rings is 3. The van der Waals surface area contributed by atoms with Crippen molar-refractivity contribution >= 4 is 23.4 Å². The van der Waals surface area contributed by atoms with E-state index in [0.717, 1.165) is 11.1 Å². The molecule has 0 spiro atoms. The Kier molecular flexibility index (Phi) is 7.79. The van der Waals surface area contributed by atoms with E-state index in [-0.39, 0.29) is 29.6 Å². The summed E-state index contributed by atoms with van der Waals surface area (Å²) in [6.45, 7) is 2.63. The Morgan fingerprint density at radius 3 is 2.47 bits per heavy atom. The van der Waals surface area contributed by atoms with Crippen molar-refractivity contribution in [3.8, 4) is 11.5 Å². The summed E-state index contributed by atoms with van der Waals surface area (Å²) in [6, 6.07) is 16.3. The Bertz CT molecular complexity index is 1280. The van der Waals surface area contributed by atoms with Crippen molar-refractivity contribution in [3.63, 3.8) is 0 Å². The van der Waals surface area contributed by atoms with Gasteiger partial charge < -0.3 is 19.7 Å². The van der Waals surface area contributed by atoms with E-state index < -0.39 is 0 Å². The number of rotatable bonds is 6. The van der Waals surface area contributed by atoms with E-state index in [1.54, 1.807) is 53.4 Å². The van der Waals surface area contributed by atoms with Crippen LogP contribution in [0.15, 0.2) is 60.7 Å². The number of likely N-dealkylation sites (tertiary alicyclic amines) is 1. The van der Waals surface area contributed by atoms with Gasteiger partial charge in [0.1, 0.15) is 5.82 Å². The van der Waals surface area contributed by atoms with Crippen LogP contribution in [0.3, 0.4) is 0 Å². The van der Waals surface area contributed by atoms with E-state index >= 15 is 0 Å². The number of nitrogens with one attached hydrogen (secondary N) is 1. The molecule has 1 N–H and O–H groups in total. The van der Waals surface area contributed by atoms with E-state index in [9.17, 15) is 14.0 Å². The minimum absolute atomic E-state index is 0.156. The molecule has 0 aliphatic carbocycles. The Morgan fingerprint density at radius 2 is 1.78 bits per heavy atom. The molecule has 36 heavy (non-hydrogen) atoms. The normalized spacial score (nSPS) is 17.4. The average molecular weight is 511 g/mol. The van der Waals surface area contributed by atoms with Crippen molar-refractivity contribution in [2.45, 2.75) is 25.3 Å². The molecule has 8 heteroatoms. The molecule has 2 amide bonds. The molecule has 1 aliphatic heterocycles. The van der Waals surface area contributed by atoms with Gasteiger partial charge in [-0.05, 0) is 66.9 Å². The summed E-state index contributed by atoms with van der Waals surface area (Å²) in [6.07, 6.45) is 0.525. The molecule has 1 fully saturated rings. The highest BCUT2D eigenvalue weighted by Crippen LogP contribution is 2.33. The van der Waals surface area contributed by atoms with Gasteiger partial charge in [-0.3, -0.25) is 9.59 Å². The molecule has 3 aromatic carbocycles. The maximum Gasteiger partial charge on any atom is 0.254 e. The Labute approximate surface area is 215 Å². The van der Waals surface area contributed by atoms with E-state index in [1.807, 2.05) is 6.92 Å². The molecular weight excluding hydrogens is 483 g/mol. The number of hydrogen-bond acceptors (Lipinski definition) is 4. The fourth-order valence-corrected chi connectivity index (χ4v) is 4.94. The van der Waals surface area contributed by atoms with Crippen molar-refractivity contribution < 1.29 is 23.5 Å². The first-order valence-electron chi connectivity index (χ1n) is 11.6. The van der Waals surface area contributed by atoms with Crippen molar-refractivity contribution in [3.05, 3.63) is 93.8 Å². The summed E-state index contributed by atoms with van der Waals surface area (Å²) in [4.78, 5) is 28.3. The second kappa shape index (κ2) is 11.0. The molecule has 1 saturated heterocycles. The number of hydrogen-bond donors (Lipinski definition) is 1. The molecular formula is C28H28ClFN2O4. The lowest BCUT2D eigenvalue weighted by molar-refractivity contribution is 0.0671. The topological polar surface area (TPSA) is 67.9 Å². The number of ether oxygens (including phenoxy) is 2. The molecule has 2 atom stereocenters. The standard InChI is InChI=1S/C28H28ClFN2O4/c1-17-14-19(30)9-10-20(17)22-16-32(28(34)18-8-11-25(35-2)26(15-18)36-3)13-12-24(22)31-27(33)21-6-4-5-7-23(21)29/h4-11,14-15,22,24H,12-13,16H2,1-3H3,(H,31,33)/t22-,24-/m0/s1. The van der Waals surface area contributed by atoms with Gasteiger partial charge in [-0.1, -0.05) is 29.8 Å². The molecule has 3 aromatic rings. The van der Waals surface area contributed by atoms with Crippen LogP contribution in [0.1, 0.15) is 44.2 Å². The van der Waals surface area contributed by atoms with Crippen LogP contribution in [0.4, 0.5) is 4.39 Å². The number of methoxy groups -OCH3 is 2. The van der Waals surface area contributed by atoms with Crippen LogP contribution in [0.5, 0.6) is 11.5 Å². The molecule has 0 unspecified atom stereocenters. The summed E-state index contributed by atoms with van der Waals surface area (Å²) >= 11 is 6.24. The second-order valence-corrected chi connectivity index (χ2v) is 9.18. The van der Waals surface area contributed by atoms with Gasteiger partial charge in [0, 0.05) is 30.6 Å². The van der Waals surface area contributed by atoms with Crippen LogP contribution in [-0.2, 0) is 0 Å². The zero-order valence-electron chi connectivity index (χ0n) is 20.4. The molecule has 4 rings (SSSR count). The quantitative estimate of drug-likeness (QED) is 0.493. The monoisotopic (exact) mass is 510 g/mol. The molecule has 0 saturated carbocycles. The second-order valence-electron chi connectivity index (χ2n) is 8.78. The van der Waals surface area contributed by atoms with E-state index in [2.05, 4.69) is 5.32 Å². The Morgan fingerprint density at radius 1 is 1.03 bits per heavy atom. The van der Waals surface area contributed by atoms with Crippen molar-refractivity contribution in [2.75, 3.05) is 27.3 Å². The largest absolute Gasteiger partial charge is 0.493 e. The fourth-order valence-electron chi connectivity index (χ4n) is 4.72. The SMILES string of the molecule is COc1ccc(C(=O)N2CC[C@H](NC(=O)c3ccccc3Cl)[C@H](c3ccc(F)cc3C)C2)cc1OC. The highest BCUT2D eigenvalue weighted by molar-refractivity contribution is 6.33.